The van der Waals surface area contributed by atoms with E-state index in [0.29, 0.717) is 30.7 Å². The third kappa shape index (κ3) is 35.9. The van der Waals surface area contributed by atoms with E-state index in [1.165, 1.54) is 59.7 Å². The summed E-state index contributed by atoms with van der Waals surface area (Å²) in [6, 6.07) is 9.97. The maximum Gasteiger partial charge on any atom is 0.303 e. The maximum absolute atomic E-state index is 14.2. The van der Waals surface area contributed by atoms with Gasteiger partial charge in [0.15, 0.2) is 23.2 Å². The van der Waals surface area contributed by atoms with Crippen LogP contribution in [0.25, 0.3) is 10.9 Å². The van der Waals surface area contributed by atoms with Gasteiger partial charge in [-0.3, -0.25) is 75.1 Å². The Morgan fingerprint density at radius 2 is 1.09 bits per heavy atom. The molecule has 1 aromatic heterocycles. The quantitative estimate of drug-likeness (QED) is 0.00645. The summed E-state index contributed by atoms with van der Waals surface area (Å²) in [6.45, 7) is 25.6. The van der Waals surface area contributed by atoms with E-state index in [2.05, 4.69) is 63.1 Å². The number of fused-ring (bicyclic) bond motifs is 1. The van der Waals surface area contributed by atoms with Crippen LogP contribution < -0.4 is 49.5 Å². The number of para-hydroxylation sites is 1. The summed E-state index contributed by atoms with van der Waals surface area (Å²) in [5.74, 6) is 2.99. The van der Waals surface area contributed by atoms with Crippen molar-refractivity contribution in [3.63, 3.8) is 0 Å². The molecule has 1 heterocycles. The van der Waals surface area contributed by atoms with Crippen molar-refractivity contribution in [3.8, 4) is 5.75 Å². The molecular weight excluding hydrogens is 1380 g/mol. The normalized spacial score (nSPS) is 14.9. The van der Waals surface area contributed by atoms with Gasteiger partial charge < -0.3 is 41.5 Å². The van der Waals surface area contributed by atoms with Crippen LogP contribution in [0.1, 0.15) is 217 Å². The van der Waals surface area contributed by atoms with Gasteiger partial charge in [0, 0.05) is 35.4 Å². The number of H-pyrrole nitrogens is 1. The number of aliphatic hydroxyl groups is 1. The Bertz CT molecular complexity index is 3560. The summed E-state index contributed by atoms with van der Waals surface area (Å²) < 4.78 is 28.0. The Hall–Kier alpha value is -8.44. The number of hydrogen-bond acceptors (Lipinski definition) is 20. The molecule has 4 rings (SSSR count). The predicted octanol–water partition coefficient (Wildman–Crippen LogP) is 8.82. The number of carbonyl (C=O) groups is 12. The zero-order chi connectivity index (χ0) is 81.5. The first-order chi connectivity index (χ1) is 50.1. The van der Waals surface area contributed by atoms with Gasteiger partial charge in [0.25, 0.3) is 0 Å². The van der Waals surface area contributed by atoms with Crippen molar-refractivity contribution in [1.29, 1.82) is 0 Å². The fourth-order valence-corrected chi connectivity index (χ4v) is 11.5. The lowest BCUT2D eigenvalue weighted by molar-refractivity contribution is -0.141. The van der Waals surface area contributed by atoms with Crippen LogP contribution in [-0.4, -0.2) is 144 Å². The minimum absolute atomic E-state index is 0.0417. The van der Waals surface area contributed by atoms with Gasteiger partial charge in [0.1, 0.15) is 23.4 Å². The van der Waals surface area contributed by atoms with Crippen molar-refractivity contribution >= 4 is 80.9 Å². The number of hydrogen-bond donors (Lipinski definition) is 13. The number of carbonyl (C=O) groups excluding carboxylic acids is 11. The zero-order valence-electron chi connectivity index (χ0n) is 65.4. The van der Waals surface area contributed by atoms with E-state index >= 15 is 0 Å². The summed E-state index contributed by atoms with van der Waals surface area (Å²) in [6.07, 6.45) is 13.3. The van der Waals surface area contributed by atoms with E-state index in [0.717, 1.165) is 86.4 Å². The Balaban J connectivity index is 0.00000102. The number of nitrogens with one attached hydrogen (secondary N) is 7. The first-order valence-electron chi connectivity index (χ1n) is 37.0. The van der Waals surface area contributed by atoms with E-state index in [4.69, 9.17) is 17.4 Å². The van der Waals surface area contributed by atoms with E-state index in [9.17, 15) is 81.6 Å². The number of hydrazine groups is 2. The third-order valence-corrected chi connectivity index (χ3v) is 18.5. The van der Waals surface area contributed by atoms with Gasteiger partial charge >= 0.3 is 5.97 Å². The topological polar surface area (TPSA) is 432 Å². The van der Waals surface area contributed by atoms with Crippen LogP contribution >= 0.6 is 0 Å². The number of amides is 3. The van der Waals surface area contributed by atoms with Crippen LogP contribution in [0, 0.1) is 35.3 Å². The van der Waals surface area contributed by atoms with Gasteiger partial charge in [-0.25, -0.2) is 19.6 Å². The Kier molecular flexibility index (Phi) is 44.7. The Labute approximate surface area is 630 Å². The van der Waals surface area contributed by atoms with Crippen molar-refractivity contribution < 1.29 is 81.6 Å². The number of aromatic hydroxyl groups is 1. The van der Waals surface area contributed by atoms with Crippen molar-refractivity contribution in [2.45, 2.75) is 273 Å². The van der Waals surface area contributed by atoms with Gasteiger partial charge in [-0.1, -0.05) is 116 Å². The maximum atomic E-state index is 14.2. The molecule has 596 valence electrons. The number of phenolic OH excluding ortho intramolecular Hbond substituents is 1. The number of benzene rings is 3. The number of allylic oxidation sites excluding steroid dienone is 2. The molecule has 0 aliphatic carbocycles. The second-order valence-electron chi connectivity index (χ2n) is 29.1. The molecule has 0 saturated carbocycles. The van der Waals surface area contributed by atoms with Gasteiger partial charge in [0.2, 0.25) is 40.9 Å². The highest BCUT2D eigenvalue weighted by molar-refractivity contribution is 6.41. The number of ketones is 8. The van der Waals surface area contributed by atoms with Crippen molar-refractivity contribution in [1.82, 2.24) is 37.1 Å². The number of aromatic nitrogens is 1. The molecule has 0 aliphatic heterocycles. The zero-order valence-corrected chi connectivity index (χ0v) is 65.4. The van der Waals surface area contributed by atoms with Gasteiger partial charge in [-0.15, -0.1) is 0 Å². The monoisotopic (exact) mass is 1500 g/mol. The van der Waals surface area contributed by atoms with Gasteiger partial charge in [-0.05, 0) is 204 Å². The van der Waals surface area contributed by atoms with Crippen molar-refractivity contribution in [2.75, 3.05) is 0 Å². The standard InChI is InChI=1S/C46H75F2N5O7.C26H30N4O6.C5H11NO.C3H6O/c1-11-35(25-29(2)3)43(59)51-45(9,32(7)55)23-19-17-15-13-12-14-16-18-20-24-46(10,33(8)56)52-44(60)39(28-34-21-22-36(47)37(48)27-34)50-38(26-30(4)5)41(57)42(58)40(53-49)31(6)54;1-15(31)22(13-17-14-28-20-5-3-2-4-19(17)20)29-21(10-11-24(33)34)25(35)26(36)23(30-27)12-16-6-8-18(32)9-7-16;1-3-4(2)5(6)7;1-3(2)4/h13,15,21-22,27,29-31,35,38-40,50,53-54H,11-12,14,16-20,23-26,28,49H2,1-10H3,(H,51,59)(H,52,60);2-9,14,21-23,28-30,32H,10-13,27H2,1H3,(H,33,34);4H,3H2,1-2H3,(H2,6,7);1-2H3/b15-13+;;;/t31-,35+,38+,39+,40+,45+,46-;21-,22-,23-;4-;/m100./s1. The lowest BCUT2D eigenvalue weighted by Gasteiger charge is -2.32. The van der Waals surface area contributed by atoms with Crippen LogP contribution in [0.15, 0.2) is 85.1 Å². The smallest absolute Gasteiger partial charge is 0.303 e. The molecule has 3 amide bonds. The highest BCUT2D eigenvalue weighted by Gasteiger charge is 2.40. The number of halogens is 2. The molecule has 4 aromatic rings. The SMILES string of the molecule is CC(=O)[C@H](Cc1c[nH]c2ccccc12)N[C@@H](CCC(=O)O)C(=O)C(=O)[C@H](Cc1ccc(O)cc1)NN.CC(C)=O.CC[C@@H](CC(C)C)C(=O)N[C@@](C)(CCC/C=C/CCCCCC[C@@](C)(NC(=O)[C@H](Cc1ccc(F)c(F)c1)N[C@@H](CC(C)C)C(=O)C(=O)[C@@H](NN)[C@@H](C)O)C(C)=O)C(C)=O.CC[C@H](C)C(N)=O. The minimum atomic E-state index is -1.39. The van der Waals surface area contributed by atoms with E-state index in [1.54, 1.807) is 32.2 Å². The van der Waals surface area contributed by atoms with Crippen molar-refractivity contribution in [2.24, 2.45) is 41.1 Å². The first-order valence-corrected chi connectivity index (χ1v) is 37.0. The van der Waals surface area contributed by atoms with Crippen LogP contribution in [0.5, 0.6) is 5.75 Å². The summed E-state index contributed by atoms with van der Waals surface area (Å²) in [4.78, 5) is 152. The second-order valence-corrected chi connectivity index (χ2v) is 29.1. The molecule has 0 unspecified atom stereocenters. The van der Waals surface area contributed by atoms with E-state index < -0.39 is 100 Å². The number of carboxylic acid groups (broad SMARTS) is 1. The number of aliphatic hydroxyl groups excluding tert-OH is 1. The van der Waals surface area contributed by atoms with E-state index in [-0.39, 0.29) is 103 Å². The number of Topliss-reactive ketones (excluding diaryl/α,β-unsaturated/α-hetero) is 8. The molecule has 0 aliphatic rings. The van der Waals surface area contributed by atoms with E-state index in [1.807, 2.05) is 58.9 Å². The molecule has 16 N–H and O–H groups in total. The lowest BCUT2D eigenvalue weighted by atomic mass is 9.88. The second kappa shape index (κ2) is 49.5. The summed E-state index contributed by atoms with van der Waals surface area (Å²) >= 11 is 0. The highest BCUT2D eigenvalue weighted by Crippen LogP contribution is 2.25. The fourth-order valence-electron chi connectivity index (χ4n) is 11.5. The number of aliphatic carboxylic acids is 1. The molecule has 11 atom stereocenters. The van der Waals surface area contributed by atoms with Gasteiger partial charge in [0.05, 0.1) is 47.4 Å². The first kappa shape index (κ1) is 96.6. The Morgan fingerprint density at radius 1 is 0.579 bits per heavy atom. The average molecular weight is 1500 g/mol. The molecule has 0 spiro atoms. The number of nitrogens with two attached hydrogens (primary N) is 3. The number of rotatable bonds is 47. The molecule has 0 radical (unpaired) electrons. The third-order valence-electron chi connectivity index (χ3n) is 18.5. The predicted molar refractivity (Wildman–Crippen MR) is 410 cm³/mol. The number of carboxylic acids is 1. The largest absolute Gasteiger partial charge is 0.508 e. The van der Waals surface area contributed by atoms with Gasteiger partial charge in [-0.2, -0.15) is 0 Å². The molecule has 107 heavy (non-hydrogen) atoms. The fraction of sp³-hybridized carbons (Fsp3) is 0.575. The van der Waals surface area contributed by atoms with Crippen LogP contribution in [0.4, 0.5) is 8.78 Å². The van der Waals surface area contributed by atoms with Crippen LogP contribution in [0.3, 0.4) is 0 Å². The van der Waals surface area contributed by atoms with Crippen LogP contribution in [-0.2, 0) is 76.8 Å². The highest BCUT2D eigenvalue weighted by atomic mass is 19.2. The number of phenols is 1. The van der Waals surface area contributed by atoms with Crippen molar-refractivity contribution in [3.05, 3.63) is 113 Å². The molecule has 0 fully saturated rings. The summed E-state index contributed by atoms with van der Waals surface area (Å²) in [5.41, 5.74) is 9.89. The number of unbranched alkanes of at least 4 members (excludes halogenated alkanes) is 5. The molecule has 3 aromatic carbocycles. The van der Waals surface area contributed by atoms with Crippen LogP contribution in [0.2, 0.25) is 0 Å². The molecule has 27 heteroatoms. The minimum Gasteiger partial charge on any atom is -0.508 e. The molecule has 0 bridgehead atoms. The summed E-state index contributed by atoms with van der Waals surface area (Å²) in [5, 5.41) is 41.4. The molecule has 0 saturated heterocycles. The average Bonchev–Trinajstić information content (AvgIpc) is 1.78. The Morgan fingerprint density at radius 3 is 1.59 bits per heavy atom. The molecule has 25 nitrogen and oxygen atoms in total. The number of primary amides is 1. The lowest BCUT2D eigenvalue weighted by Crippen LogP contribution is -2.61. The molecular formula is C80H122F2N10O15. The summed E-state index contributed by atoms with van der Waals surface area (Å²) in [7, 11) is 0. The number of aromatic amines is 1.